The molecule has 0 aromatic heterocycles. The molecule has 1 amide bonds. The molecule has 1 saturated carbocycles. The van der Waals surface area contributed by atoms with Crippen molar-refractivity contribution in [3.63, 3.8) is 0 Å². The van der Waals surface area contributed by atoms with Gasteiger partial charge in [0.25, 0.3) is 5.69 Å². The minimum Gasteiger partial charge on any atom is -0.459 e. The molecule has 2 aliphatic carbocycles. The van der Waals surface area contributed by atoms with Gasteiger partial charge in [0.05, 0.1) is 29.8 Å². The van der Waals surface area contributed by atoms with Crippen LogP contribution in [0, 0.1) is 33.3 Å². The summed E-state index contributed by atoms with van der Waals surface area (Å²) in [6.45, 7) is 13.0. The van der Waals surface area contributed by atoms with E-state index in [1.807, 2.05) is 82.3 Å². The van der Waals surface area contributed by atoms with Gasteiger partial charge < -0.3 is 34.0 Å². The Morgan fingerprint density at radius 1 is 0.941 bits per heavy atom. The normalized spacial score (nSPS) is 22.2. The first-order valence-corrected chi connectivity index (χ1v) is 24.1. The maximum Gasteiger partial charge on any atom is 0.410 e. The number of amides is 1. The summed E-state index contributed by atoms with van der Waals surface area (Å²) < 4.78 is 27.2. The van der Waals surface area contributed by atoms with Crippen LogP contribution in [0.5, 0.6) is 17.2 Å². The van der Waals surface area contributed by atoms with E-state index < -0.39 is 28.8 Å². The Kier molecular flexibility index (Phi) is 16.8. The number of carbonyl (C=O) groups is 1. The summed E-state index contributed by atoms with van der Waals surface area (Å²) in [6.07, 6.45) is 8.73. The molecule has 0 saturated heterocycles. The number of nitro benzene ring substituents is 1. The number of hydrogen-bond acceptors (Lipinski definition) is 11. The lowest BCUT2D eigenvalue weighted by Crippen LogP contribution is -2.70. The van der Waals surface area contributed by atoms with Crippen LogP contribution in [0.15, 0.2) is 127 Å². The third-order valence-electron chi connectivity index (χ3n) is 13.1. The predicted molar refractivity (Wildman–Crippen MR) is 263 cm³/mol. The number of aliphatic hydroxyl groups is 2. The molecule has 1 fully saturated rings. The van der Waals surface area contributed by atoms with Gasteiger partial charge in [-0.05, 0) is 114 Å². The zero-order valence-electron chi connectivity index (χ0n) is 39.9. The average Bonchev–Trinajstić information content (AvgIpc) is 3.33. The van der Waals surface area contributed by atoms with E-state index in [1.165, 1.54) is 12.1 Å². The Bertz CT molecular complexity index is 2380. The molecule has 362 valence electrons. The number of unbranched alkanes of at least 4 members (excludes halogenated alkanes) is 2. The molecule has 7 rings (SSSR count). The Morgan fingerprint density at radius 2 is 1.63 bits per heavy atom. The Morgan fingerprint density at radius 3 is 2.29 bits per heavy atom. The number of nitro groups is 1. The van der Waals surface area contributed by atoms with E-state index in [9.17, 15) is 25.1 Å². The second-order valence-corrected chi connectivity index (χ2v) is 19.3. The van der Waals surface area contributed by atoms with Crippen LogP contribution < -0.4 is 9.47 Å². The molecule has 1 heterocycles. The summed E-state index contributed by atoms with van der Waals surface area (Å²) >= 11 is 0. The molecule has 6 atom stereocenters. The first kappa shape index (κ1) is 49.9. The number of benzene rings is 4. The number of non-ortho nitro benzene ring substituents is 1. The van der Waals surface area contributed by atoms with Crippen molar-refractivity contribution >= 4 is 17.5 Å². The molecular formula is C55H67N3O10. The first-order chi connectivity index (χ1) is 32.9. The van der Waals surface area contributed by atoms with Crippen molar-refractivity contribution in [3.8, 4) is 28.4 Å². The number of fused-ring (bicyclic) bond motifs is 2. The number of oxime groups is 1. The molecular weight excluding hydrogens is 863 g/mol. The fourth-order valence-electron chi connectivity index (χ4n) is 10.1. The van der Waals surface area contributed by atoms with Crippen LogP contribution in [-0.2, 0) is 20.9 Å². The van der Waals surface area contributed by atoms with Crippen LogP contribution >= 0.6 is 0 Å². The topological polar surface area (TPSA) is 162 Å². The van der Waals surface area contributed by atoms with Crippen LogP contribution in [-0.4, -0.2) is 76.6 Å². The summed E-state index contributed by atoms with van der Waals surface area (Å²) in [5.74, 6) is -0.285. The van der Waals surface area contributed by atoms with Gasteiger partial charge in [0.1, 0.15) is 29.9 Å². The van der Waals surface area contributed by atoms with Crippen molar-refractivity contribution in [2.75, 3.05) is 33.0 Å². The van der Waals surface area contributed by atoms with Gasteiger partial charge in [-0.1, -0.05) is 100 Å². The monoisotopic (exact) mass is 929 g/mol. The highest BCUT2D eigenvalue weighted by atomic mass is 16.7. The zero-order valence-corrected chi connectivity index (χ0v) is 39.9. The molecule has 2 N–H and O–H groups in total. The number of hydrogen-bond donors (Lipinski definition) is 2. The first-order valence-electron chi connectivity index (χ1n) is 24.1. The fourth-order valence-corrected chi connectivity index (χ4v) is 10.1. The van der Waals surface area contributed by atoms with Gasteiger partial charge in [-0.2, -0.15) is 0 Å². The number of allylic oxidation sites excluding steroid dienone is 1. The van der Waals surface area contributed by atoms with Crippen LogP contribution in [0.1, 0.15) is 96.1 Å². The van der Waals surface area contributed by atoms with E-state index in [2.05, 4.69) is 30.9 Å². The molecule has 13 heteroatoms. The summed E-state index contributed by atoms with van der Waals surface area (Å²) in [6, 6.07) is 29.6. The molecule has 1 aliphatic heterocycles. The van der Waals surface area contributed by atoms with E-state index in [0.717, 1.165) is 47.9 Å². The maximum atomic E-state index is 14.6. The highest BCUT2D eigenvalue weighted by molar-refractivity contribution is 6.03. The fraction of sp³-hybridized carbons (Fsp3) is 0.455. The van der Waals surface area contributed by atoms with Crippen molar-refractivity contribution in [3.05, 3.63) is 143 Å². The van der Waals surface area contributed by atoms with Gasteiger partial charge in [0.2, 0.25) is 5.79 Å². The van der Waals surface area contributed by atoms with Crippen LogP contribution in [0.25, 0.3) is 11.1 Å². The Balaban J connectivity index is 1.39. The average molecular weight is 930 g/mol. The quantitative estimate of drug-likeness (QED) is 0.0336. The van der Waals surface area contributed by atoms with Gasteiger partial charge in [-0.3, -0.25) is 15.0 Å². The van der Waals surface area contributed by atoms with Crippen molar-refractivity contribution in [2.24, 2.45) is 28.3 Å². The highest BCUT2D eigenvalue weighted by Crippen LogP contribution is 2.62. The zero-order chi connectivity index (χ0) is 48.3. The van der Waals surface area contributed by atoms with Gasteiger partial charge >= 0.3 is 6.09 Å². The van der Waals surface area contributed by atoms with Crippen molar-refractivity contribution in [1.29, 1.82) is 0 Å². The van der Waals surface area contributed by atoms with Crippen LogP contribution in [0.4, 0.5) is 10.5 Å². The third kappa shape index (κ3) is 11.6. The summed E-state index contributed by atoms with van der Waals surface area (Å²) in [5, 5.41) is 36.3. The number of carbonyl (C=O) groups excluding carboxylic acids is 1. The molecule has 4 aromatic carbocycles. The van der Waals surface area contributed by atoms with E-state index >= 15 is 0 Å². The standard InChI is InChI=1S/C55H67N3O10/c1-6-29-57(53(61)64-37-54(3,4)5)50-35-48(56-66-36-38-19-23-42(24-20-38)58(62)63)46-33-41(17-11-13-30-59)45(18-12-14-31-60)51-47-34-44(27-28-49(47)68-55(50,52(46)51)65-32-7-2)67-43-25-21-40(22-26-43)39-15-9-8-10-16-39/h7-10,15-16,19-28,33-34,41,45,50-52,59-60H,2,6,11-14,17-18,29-32,35-37H2,1,3-5H3. The lowest BCUT2D eigenvalue weighted by atomic mass is 9.55. The lowest BCUT2D eigenvalue weighted by molar-refractivity contribution is -0.384. The summed E-state index contributed by atoms with van der Waals surface area (Å²) in [4.78, 5) is 33.5. The molecule has 0 spiro atoms. The van der Waals surface area contributed by atoms with E-state index in [4.69, 9.17) is 28.9 Å². The number of aliphatic hydroxyl groups excluding tert-OH is 2. The molecule has 6 unspecified atom stereocenters. The lowest BCUT2D eigenvalue weighted by Gasteiger charge is -2.60. The van der Waals surface area contributed by atoms with Crippen LogP contribution in [0.2, 0.25) is 0 Å². The summed E-state index contributed by atoms with van der Waals surface area (Å²) in [5.41, 5.74) is 5.03. The molecule has 3 aliphatic rings. The summed E-state index contributed by atoms with van der Waals surface area (Å²) in [7, 11) is 0. The minimum atomic E-state index is -1.45. The van der Waals surface area contributed by atoms with Gasteiger partial charge in [-0.25, -0.2) is 4.79 Å². The van der Waals surface area contributed by atoms with E-state index in [-0.39, 0.29) is 68.3 Å². The molecule has 13 nitrogen and oxygen atoms in total. The number of nitrogens with zero attached hydrogens (tertiary/aromatic N) is 3. The predicted octanol–water partition coefficient (Wildman–Crippen LogP) is 11.8. The maximum absolute atomic E-state index is 14.6. The number of rotatable bonds is 22. The third-order valence-corrected chi connectivity index (χ3v) is 13.1. The second kappa shape index (κ2) is 22.9. The SMILES string of the molecule is C=CCOC12Oc3ccc(Oc4ccc(-c5ccccc5)cc4)cc3C3C(CCCCO)C(CCCCO)C=C(C(=NOCc4ccc([N+](=O)[O-])cc4)CC1N(CCC)C(=O)OCC(C)(C)C)C32. The Hall–Kier alpha value is -6.02. The Labute approximate surface area is 400 Å². The van der Waals surface area contributed by atoms with Crippen molar-refractivity contribution in [2.45, 2.75) is 103 Å². The highest BCUT2D eigenvalue weighted by Gasteiger charge is 2.65. The van der Waals surface area contributed by atoms with Crippen molar-refractivity contribution < 1.29 is 43.7 Å². The number of ether oxygens (including phenoxy) is 4. The molecule has 0 radical (unpaired) electrons. The smallest absolute Gasteiger partial charge is 0.410 e. The van der Waals surface area contributed by atoms with Gasteiger partial charge in [0, 0.05) is 49.8 Å². The van der Waals surface area contributed by atoms with Gasteiger partial charge in [-0.15, -0.1) is 6.58 Å². The minimum absolute atomic E-state index is 0.0113. The van der Waals surface area contributed by atoms with E-state index in [1.54, 1.807) is 23.1 Å². The van der Waals surface area contributed by atoms with Gasteiger partial charge in [0.15, 0.2) is 0 Å². The van der Waals surface area contributed by atoms with Crippen LogP contribution in [0.3, 0.4) is 0 Å². The largest absolute Gasteiger partial charge is 0.459 e. The molecule has 0 bridgehead atoms. The van der Waals surface area contributed by atoms with E-state index in [0.29, 0.717) is 54.3 Å². The molecule has 4 aromatic rings. The van der Waals surface area contributed by atoms with Crippen molar-refractivity contribution in [1.82, 2.24) is 4.90 Å². The second-order valence-electron chi connectivity index (χ2n) is 19.3. The molecule has 68 heavy (non-hydrogen) atoms.